The summed E-state index contributed by atoms with van der Waals surface area (Å²) in [6.07, 6.45) is 0.662. The number of nitrogens with one attached hydrogen (secondary N) is 2. The molecular formula is C19H22N2O4S. The molecule has 3 rings (SSSR count). The summed E-state index contributed by atoms with van der Waals surface area (Å²) in [5.41, 5.74) is 2.64. The monoisotopic (exact) mass is 374 g/mol. The van der Waals surface area contributed by atoms with Crippen LogP contribution in [0, 0.1) is 13.8 Å². The van der Waals surface area contributed by atoms with Crippen molar-refractivity contribution >= 4 is 15.9 Å². The summed E-state index contributed by atoms with van der Waals surface area (Å²) in [7, 11) is -2.28. The van der Waals surface area contributed by atoms with E-state index in [1.165, 1.54) is 13.1 Å². The molecule has 0 fully saturated rings. The second-order valence-electron chi connectivity index (χ2n) is 6.32. The molecule has 2 N–H and O–H groups in total. The van der Waals surface area contributed by atoms with E-state index < -0.39 is 10.0 Å². The van der Waals surface area contributed by atoms with Gasteiger partial charge in [0.1, 0.15) is 5.75 Å². The van der Waals surface area contributed by atoms with Crippen molar-refractivity contribution in [1.29, 1.82) is 0 Å². The number of para-hydroxylation sites is 1. The summed E-state index contributed by atoms with van der Waals surface area (Å²) >= 11 is 0. The molecule has 2 aromatic carbocycles. The summed E-state index contributed by atoms with van der Waals surface area (Å²) in [6.45, 7) is 4.05. The molecule has 1 aliphatic rings. The van der Waals surface area contributed by atoms with Gasteiger partial charge in [0.25, 0.3) is 5.91 Å². The van der Waals surface area contributed by atoms with E-state index in [2.05, 4.69) is 10.0 Å². The highest BCUT2D eigenvalue weighted by Crippen LogP contribution is 2.32. The minimum absolute atomic E-state index is 0.123. The first kappa shape index (κ1) is 18.4. The van der Waals surface area contributed by atoms with Gasteiger partial charge in [-0.3, -0.25) is 4.79 Å². The number of amides is 1. The number of aryl methyl sites for hydroxylation is 1. The van der Waals surface area contributed by atoms with Crippen molar-refractivity contribution in [1.82, 2.24) is 10.0 Å². The maximum absolute atomic E-state index is 12.8. The van der Waals surface area contributed by atoms with Gasteiger partial charge in [0.15, 0.2) is 0 Å². The Morgan fingerprint density at radius 1 is 1.19 bits per heavy atom. The number of sulfonamides is 1. The molecule has 1 amide bonds. The lowest BCUT2D eigenvalue weighted by Crippen LogP contribution is -2.32. The van der Waals surface area contributed by atoms with Crippen LogP contribution in [-0.2, 0) is 10.0 Å². The Kier molecular flexibility index (Phi) is 5.02. The van der Waals surface area contributed by atoms with Crippen molar-refractivity contribution in [2.75, 3.05) is 13.7 Å². The molecule has 2 aromatic rings. The maximum Gasteiger partial charge on any atom is 0.251 e. The van der Waals surface area contributed by atoms with Crippen LogP contribution in [-0.4, -0.2) is 28.0 Å². The lowest BCUT2D eigenvalue weighted by Gasteiger charge is -2.26. The first-order valence-corrected chi connectivity index (χ1v) is 9.89. The van der Waals surface area contributed by atoms with E-state index in [9.17, 15) is 13.2 Å². The van der Waals surface area contributed by atoms with Gasteiger partial charge in [-0.2, -0.15) is 0 Å². The van der Waals surface area contributed by atoms with E-state index in [0.717, 1.165) is 16.9 Å². The Balaban J connectivity index is 1.92. The Labute approximate surface area is 153 Å². The highest BCUT2D eigenvalue weighted by molar-refractivity contribution is 7.89. The average molecular weight is 374 g/mol. The summed E-state index contributed by atoms with van der Waals surface area (Å²) < 4.78 is 32.4. The second-order valence-corrected chi connectivity index (χ2v) is 8.18. The van der Waals surface area contributed by atoms with E-state index in [1.54, 1.807) is 19.9 Å². The van der Waals surface area contributed by atoms with Crippen molar-refractivity contribution in [3.63, 3.8) is 0 Å². The van der Waals surface area contributed by atoms with Crippen molar-refractivity contribution in [2.45, 2.75) is 31.2 Å². The van der Waals surface area contributed by atoms with Crippen LogP contribution in [0.25, 0.3) is 0 Å². The quantitative estimate of drug-likeness (QED) is 0.861. The van der Waals surface area contributed by atoms with Crippen LogP contribution in [0.3, 0.4) is 0 Å². The third kappa shape index (κ3) is 3.45. The molecule has 7 heteroatoms. The number of ether oxygens (including phenoxy) is 1. The third-order valence-corrected chi connectivity index (χ3v) is 6.24. The molecule has 6 nitrogen and oxygen atoms in total. The third-order valence-electron chi connectivity index (χ3n) is 4.70. The normalized spacial score (nSPS) is 16.5. The molecule has 0 bridgehead atoms. The first-order valence-electron chi connectivity index (χ1n) is 8.41. The molecule has 0 aromatic heterocycles. The number of carbonyl (C=O) groups is 1. The summed E-state index contributed by atoms with van der Waals surface area (Å²) in [6, 6.07) is 10.6. The molecule has 1 heterocycles. The fraction of sp³-hybridized carbons (Fsp3) is 0.316. The van der Waals surface area contributed by atoms with Crippen molar-refractivity contribution in [3.8, 4) is 5.75 Å². The molecule has 1 atom stereocenters. The SMILES string of the molecule is CNS(=O)(=O)c1cc(C(=O)N[C@H]2CCOc3ccccc32)cc(C)c1C. The van der Waals surface area contributed by atoms with Gasteiger partial charge in [0.05, 0.1) is 17.5 Å². The van der Waals surface area contributed by atoms with Crippen molar-refractivity contribution < 1.29 is 17.9 Å². The lowest BCUT2D eigenvalue weighted by molar-refractivity contribution is 0.0924. The van der Waals surface area contributed by atoms with Gasteiger partial charge in [-0.25, -0.2) is 13.1 Å². The second kappa shape index (κ2) is 7.09. The first-order chi connectivity index (χ1) is 12.3. The molecule has 26 heavy (non-hydrogen) atoms. The summed E-state index contributed by atoms with van der Waals surface area (Å²) in [4.78, 5) is 12.9. The fourth-order valence-electron chi connectivity index (χ4n) is 3.08. The predicted molar refractivity (Wildman–Crippen MR) is 98.9 cm³/mol. The van der Waals surface area contributed by atoms with Gasteiger partial charge >= 0.3 is 0 Å². The summed E-state index contributed by atoms with van der Waals surface area (Å²) in [5, 5.41) is 3.00. The minimum atomic E-state index is -3.64. The molecule has 138 valence electrons. The number of benzene rings is 2. The molecule has 0 unspecified atom stereocenters. The molecule has 1 aliphatic heterocycles. The van der Waals surface area contributed by atoms with Crippen LogP contribution < -0.4 is 14.8 Å². The molecule has 0 aliphatic carbocycles. The van der Waals surface area contributed by atoms with Crippen LogP contribution in [0.1, 0.15) is 39.5 Å². The van der Waals surface area contributed by atoms with Gasteiger partial charge in [0.2, 0.25) is 10.0 Å². The topological polar surface area (TPSA) is 84.5 Å². The zero-order valence-corrected chi connectivity index (χ0v) is 15.8. The Hall–Kier alpha value is -2.38. The predicted octanol–water partition coefficient (Wildman–Crippen LogP) is 2.47. The molecular weight excluding hydrogens is 352 g/mol. The minimum Gasteiger partial charge on any atom is -0.493 e. The fourth-order valence-corrected chi connectivity index (χ4v) is 4.15. The number of hydrogen-bond acceptors (Lipinski definition) is 4. The average Bonchev–Trinajstić information content (AvgIpc) is 2.64. The highest BCUT2D eigenvalue weighted by atomic mass is 32.2. The van der Waals surface area contributed by atoms with E-state index in [0.29, 0.717) is 24.2 Å². The molecule has 0 radical (unpaired) electrons. The zero-order chi connectivity index (χ0) is 18.9. The van der Waals surface area contributed by atoms with Gasteiger partial charge in [-0.1, -0.05) is 18.2 Å². The van der Waals surface area contributed by atoms with E-state index in [-0.39, 0.29) is 16.8 Å². The van der Waals surface area contributed by atoms with E-state index in [4.69, 9.17) is 4.74 Å². The van der Waals surface area contributed by atoms with Crippen molar-refractivity contribution in [2.24, 2.45) is 0 Å². The van der Waals surface area contributed by atoms with Crippen LogP contribution in [0.15, 0.2) is 41.3 Å². The zero-order valence-electron chi connectivity index (χ0n) is 15.0. The Morgan fingerprint density at radius 3 is 2.65 bits per heavy atom. The van der Waals surface area contributed by atoms with E-state index in [1.807, 2.05) is 24.3 Å². The Bertz CT molecular complexity index is 954. The van der Waals surface area contributed by atoms with Crippen molar-refractivity contribution in [3.05, 3.63) is 58.7 Å². The number of fused-ring (bicyclic) bond motifs is 1. The van der Waals surface area contributed by atoms with Gasteiger partial charge in [0, 0.05) is 17.5 Å². The van der Waals surface area contributed by atoms with Gasteiger partial charge in [-0.15, -0.1) is 0 Å². The highest BCUT2D eigenvalue weighted by Gasteiger charge is 2.25. The number of carbonyl (C=O) groups excluding carboxylic acids is 1. The smallest absolute Gasteiger partial charge is 0.251 e. The standard InChI is InChI=1S/C19H22N2O4S/c1-12-10-14(11-18(13(12)2)26(23,24)20-3)19(22)21-16-8-9-25-17-7-5-4-6-15(16)17/h4-7,10-11,16,20H,8-9H2,1-3H3,(H,21,22)/t16-/m0/s1. The lowest BCUT2D eigenvalue weighted by atomic mass is 9.99. The maximum atomic E-state index is 12.8. The van der Waals surface area contributed by atoms with Gasteiger partial charge in [-0.05, 0) is 50.2 Å². The molecule has 0 spiro atoms. The molecule has 0 saturated carbocycles. The largest absolute Gasteiger partial charge is 0.493 e. The summed E-state index contributed by atoms with van der Waals surface area (Å²) in [5.74, 6) is 0.463. The van der Waals surface area contributed by atoms with E-state index >= 15 is 0 Å². The molecule has 0 saturated heterocycles. The van der Waals surface area contributed by atoms with Crippen LogP contribution in [0.2, 0.25) is 0 Å². The number of rotatable bonds is 4. The van der Waals surface area contributed by atoms with Crippen LogP contribution in [0.5, 0.6) is 5.75 Å². The van der Waals surface area contributed by atoms with Crippen LogP contribution >= 0.6 is 0 Å². The Morgan fingerprint density at radius 2 is 1.92 bits per heavy atom. The number of hydrogen-bond donors (Lipinski definition) is 2. The van der Waals surface area contributed by atoms with Gasteiger partial charge < -0.3 is 10.1 Å². The van der Waals surface area contributed by atoms with Crippen LogP contribution in [0.4, 0.5) is 0 Å².